The minimum atomic E-state index is -0.781. The van der Waals surface area contributed by atoms with Gasteiger partial charge in [0.15, 0.2) is 6.29 Å². The average Bonchev–Trinajstić information content (AvgIpc) is 1.84. The summed E-state index contributed by atoms with van der Waals surface area (Å²) in [5.74, 6) is 0. The molecule has 1 unspecified atom stereocenters. The summed E-state index contributed by atoms with van der Waals surface area (Å²) in [6, 6.07) is -0.182. The zero-order chi connectivity index (χ0) is 9.72. The summed E-state index contributed by atoms with van der Waals surface area (Å²) in [5.41, 5.74) is 6.52. The third kappa shape index (κ3) is 5.29. The summed E-state index contributed by atoms with van der Waals surface area (Å²) in [7, 11) is 0. The molecular weight excluding hydrogens is 154 g/mol. The maximum Gasteiger partial charge on any atom is 0.156 e. The first-order chi connectivity index (χ1) is 5.43. The number of ether oxygens (including phenoxy) is 1. The lowest BCUT2D eigenvalue weighted by atomic mass is 10.1. The van der Waals surface area contributed by atoms with Crippen LogP contribution in [0.5, 0.6) is 0 Å². The Balaban J connectivity index is 3.68. The fourth-order valence-corrected chi connectivity index (χ4v) is 0.788. The largest absolute Gasteiger partial charge is 0.368 e. The van der Waals surface area contributed by atoms with Crippen LogP contribution in [0.3, 0.4) is 0 Å². The van der Waals surface area contributed by atoms with Gasteiger partial charge in [-0.15, -0.1) is 0 Å². The number of rotatable bonds is 5. The van der Waals surface area contributed by atoms with Crippen LogP contribution in [0.1, 0.15) is 27.2 Å². The van der Waals surface area contributed by atoms with Crippen molar-refractivity contribution in [1.82, 2.24) is 0 Å². The van der Waals surface area contributed by atoms with Gasteiger partial charge >= 0.3 is 0 Å². The maximum absolute atomic E-state index is 9.30. The second-order valence-electron chi connectivity index (χ2n) is 3.33. The number of aliphatic hydroxyl groups is 1. The highest BCUT2D eigenvalue weighted by molar-refractivity contribution is 4.99. The molecule has 12 heavy (non-hydrogen) atoms. The van der Waals surface area contributed by atoms with Gasteiger partial charge in [-0.2, -0.15) is 0 Å². The van der Waals surface area contributed by atoms with Crippen molar-refractivity contribution in [2.45, 2.75) is 45.6 Å². The molecule has 0 rings (SSSR count). The van der Waals surface area contributed by atoms with E-state index in [0.717, 1.165) is 5.57 Å². The molecule has 0 saturated heterocycles. The van der Waals surface area contributed by atoms with Gasteiger partial charge in [0.25, 0.3) is 0 Å². The van der Waals surface area contributed by atoms with Gasteiger partial charge in [0.1, 0.15) is 0 Å². The minimum Gasteiger partial charge on any atom is -0.368 e. The van der Waals surface area contributed by atoms with E-state index < -0.39 is 6.29 Å². The van der Waals surface area contributed by atoms with Crippen LogP contribution in [0.4, 0.5) is 0 Å². The molecule has 0 bridgehead atoms. The van der Waals surface area contributed by atoms with E-state index in [2.05, 4.69) is 6.58 Å². The van der Waals surface area contributed by atoms with Crippen molar-refractivity contribution < 1.29 is 9.84 Å². The Bertz CT molecular complexity index is 145. The van der Waals surface area contributed by atoms with E-state index in [1.165, 1.54) is 0 Å². The summed E-state index contributed by atoms with van der Waals surface area (Å²) >= 11 is 0. The van der Waals surface area contributed by atoms with Gasteiger partial charge in [-0.05, 0) is 20.8 Å². The monoisotopic (exact) mass is 173 g/mol. The smallest absolute Gasteiger partial charge is 0.156 e. The van der Waals surface area contributed by atoms with E-state index in [4.69, 9.17) is 10.5 Å². The first kappa shape index (κ1) is 11.6. The molecule has 0 aromatic carbocycles. The van der Waals surface area contributed by atoms with Gasteiger partial charge in [0, 0.05) is 12.5 Å². The molecular formula is C9H19NO2. The van der Waals surface area contributed by atoms with Crippen LogP contribution in [0.2, 0.25) is 0 Å². The number of nitrogens with two attached hydrogens (primary N) is 1. The molecule has 3 heteroatoms. The Morgan fingerprint density at radius 3 is 2.42 bits per heavy atom. The van der Waals surface area contributed by atoms with Crippen molar-refractivity contribution in [2.75, 3.05) is 0 Å². The first-order valence-corrected chi connectivity index (χ1v) is 4.18. The second kappa shape index (κ2) is 5.30. The third-order valence-corrected chi connectivity index (χ3v) is 1.52. The van der Waals surface area contributed by atoms with Gasteiger partial charge in [-0.1, -0.05) is 12.2 Å². The Hall–Kier alpha value is -0.380. The van der Waals surface area contributed by atoms with Gasteiger partial charge < -0.3 is 15.6 Å². The quantitative estimate of drug-likeness (QED) is 0.482. The predicted octanol–water partition coefficient (Wildman–Crippen LogP) is 1.02. The fourth-order valence-electron chi connectivity index (χ4n) is 0.788. The van der Waals surface area contributed by atoms with Crippen LogP contribution in [0.15, 0.2) is 12.2 Å². The number of hydrogen-bond donors (Lipinski definition) is 2. The van der Waals surface area contributed by atoms with Crippen molar-refractivity contribution >= 4 is 0 Å². The number of aliphatic hydroxyl groups excluding tert-OH is 1. The summed E-state index contributed by atoms with van der Waals surface area (Å²) in [6.45, 7) is 9.28. The van der Waals surface area contributed by atoms with E-state index in [9.17, 15) is 5.11 Å². The lowest BCUT2D eigenvalue weighted by Gasteiger charge is -2.18. The molecule has 0 amide bonds. The van der Waals surface area contributed by atoms with E-state index in [1.54, 1.807) is 0 Å². The molecule has 3 N–H and O–H groups in total. The Morgan fingerprint density at radius 2 is 2.08 bits per heavy atom. The molecule has 0 heterocycles. The van der Waals surface area contributed by atoms with Gasteiger partial charge in [0.05, 0.1) is 6.10 Å². The number of hydrogen-bond acceptors (Lipinski definition) is 3. The molecule has 0 radical (unpaired) electrons. The highest BCUT2D eigenvalue weighted by Gasteiger charge is 2.12. The van der Waals surface area contributed by atoms with Crippen LogP contribution < -0.4 is 5.73 Å². The average molecular weight is 173 g/mol. The van der Waals surface area contributed by atoms with Crippen molar-refractivity contribution in [3.05, 3.63) is 12.2 Å². The van der Waals surface area contributed by atoms with E-state index in [-0.39, 0.29) is 12.1 Å². The van der Waals surface area contributed by atoms with Crippen molar-refractivity contribution in [3.8, 4) is 0 Å². The molecule has 0 aromatic heterocycles. The van der Waals surface area contributed by atoms with Crippen molar-refractivity contribution in [2.24, 2.45) is 5.73 Å². The highest BCUT2D eigenvalue weighted by Crippen LogP contribution is 2.06. The Labute approximate surface area is 74.2 Å². The zero-order valence-corrected chi connectivity index (χ0v) is 8.08. The molecule has 0 fully saturated rings. The fraction of sp³-hybridized carbons (Fsp3) is 0.778. The summed E-state index contributed by atoms with van der Waals surface area (Å²) in [5, 5.41) is 9.30. The highest BCUT2D eigenvalue weighted by atomic mass is 16.6. The molecule has 72 valence electrons. The van der Waals surface area contributed by atoms with Crippen LogP contribution in [0, 0.1) is 0 Å². The van der Waals surface area contributed by atoms with E-state index in [0.29, 0.717) is 6.42 Å². The van der Waals surface area contributed by atoms with E-state index in [1.807, 2.05) is 20.8 Å². The predicted molar refractivity (Wildman–Crippen MR) is 49.6 cm³/mol. The summed E-state index contributed by atoms with van der Waals surface area (Å²) in [4.78, 5) is 0. The summed E-state index contributed by atoms with van der Waals surface area (Å²) in [6.07, 6.45) is -0.345. The molecule has 0 aromatic rings. The molecule has 0 aliphatic rings. The lowest BCUT2D eigenvalue weighted by molar-refractivity contribution is -0.129. The molecule has 3 nitrogen and oxygen atoms in total. The van der Waals surface area contributed by atoms with E-state index >= 15 is 0 Å². The minimum absolute atomic E-state index is 0.0253. The second-order valence-corrected chi connectivity index (χ2v) is 3.33. The van der Waals surface area contributed by atoms with Crippen molar-refractivity contribution in [1.29, 1.82) is 0 Å². The van der Waals surface area contributed by atoms with Gasteiger partial charge in [-0.3, -0.25) is 0 Å². The normalized spacial score (nSPS) is 16.2. The Morgan fingerprint density at radius 1 is 1.58 bits per heavy atom. The Kier molecular flexibility index (Phi) is 5.13. The van der Waals surface area contributed by atoms with Gasteiger partial charge in [-0.25, -0.2) is 0 Å². The van der Waals surface area contributed by atoms with Crippen LogP contribution in [-0.4, -0.2) is 23.5 Å². The standard InChI is InChI=1S/C9H19NO2/c1-6(2)8(10)5-9(11)12-7(3)4/h7-9,11H,1,5,10H2,2-4H3/t8-,9?/m0/s1. The van der Waals surface area contributed by atoms with Crippen LogP contribution in [0.25, 0.3) is 0 Å². The molecule has 2 atom stereocenters. The molecule has 0 spiro atoms. The first-order valence-electron chi connectivity index (χ1n) is 4.18. The molecule has 0 aliphatic carbocycles. The summed E-state index contributed by atoms with van der Waals surface area (Å²) < 4.78 is 5.11. The van der Waals surface area contributed by atoms with Crippen LogP contribution in [-0.2, 0) is 4.74 Å². The molecule has 0 saturated carbocycles. The van der Waals surface area contributed by atoms with Gasteiger partial charge in [0.2, 0.25) is 0 Å². The SMILES string of the molecule is C=C(C)[C@@H](N)CC(O)OC(C)C. The molecule has 0 aliphatic heterocycles. The lowest BCUT2D eigenvalue weighted by Crippen LogP contribution is -2.29. The third-order valence-electron chi connectivity index (χ3n) is 1.52. The topological polar surface area (TPSA) is 55.5 Å². The maximum atomic E-state index is 9.30. The zero-order valence-electron chi connectivity index (χ0n) is 8.08. The van der Waals surface area contributed by atoms with Crippen molar-refractivity contribution in [3.63, 3.8) is 0 Å². The van der Waals surface area contributed by atoms with Crippen LogP contribution >= 0.6 is 0 Å².